The minimum Gasteiger partial charge on any atom is -0.470 e. The van der Waals surface area contributed by atoms with Crippen molar-refractivity contribution in [3.8, 4) is 17.1 Å². The number of hydrogen-bond acceptors (Lipinski definition) is 2. The summed E-state index contributed by atoms with van der Waals surface area (Å²) in [5.41, 5.74) is 3.44. The molecule has 1 aliphatic heterocycles. The van der Waals surface area contributed by atoms with Gasteiger partial charge in [-0.25, -0.2) is 9.37 Å². The normalized spacial score (nSPS) is 12.0. The Morgan fingerprint density at radius 1 is 1.19 bits per heavy atom. The number of aromatic nitrogens is 2. The predicted octanol–water partition coefficient (Wildman–Crippen LogP) is 4.53. The predicted molar refractivity (Wildman–Crippen MR) is 81.8 cm³/mol. The fraction of sp³-hybridized carbons (Fsp3) is 0.235. The third-order valence-electron chi connectivity index (χ3n) is 3.48. The van der Waals surface area contributed by atoms with E-state index in [1.54, 1.807) is 6.07 Å². The molecule has 1 aliphatic rings. The van der Waals surface area contributed by atoms with Crippen LogP contribution in [0.3, 0.4) is 0 Å². The molecule has 108 valence electrons. The Morgan fingerprint density at radius 3 is 2.81 bits per heavy atom. The molecule has 0 radical (unpaired) electrons. The lowest BCUT2D eigenvalue weighted by molar-refractivity contribution is 0.234. The highest BCUT2D eigenvalue weighted by atomic mass is 19.1. The van der Waals surface area contributed by atoms with Gasteiger partial charge in [0.25, 0.3) is 0 Å². The molecule has 1 aromatic carbocycles. The molecular formula is C17H17FN2O. The fourth-order valence-corrected chi connectivity index (χ4v) is 2.56. The average molecular weight is 284 g/mol. The van der Waals surface area contributed by atoms with Crippen LogP contribution in [0.5, 0.6) is 5.75 Å². The molecule has 3 aromatic rings. The first-order valence-corrected chi connectivity index (χ1v) is 7.12. The van der Waals surface area contributed by atoms with Crippen LogP contribution in [0.15, 0.2) is 36.4 Å². The number of nitrogens with zero attached hydrogens (tertiary/aromatic N) is 2. The van der Waals surface area contributed by atoms with E-state index >= 15 is 0 Å². The Bertz CT molecular complexity index is 808. The van der Waals surface area contributed by atoms with Gasteiger partial charge in [-0.1, -0.05) is 19.9 Å². The SMILES string of the molecule is CC.Cc1ccc2c(n1)-c1cc3c(F)cccc3n1CO2. The van der Waals surface area contributed by atoms with E-state index in [-0.39, 0.29) is 5.82 Å². The van der Waals surface area contributed by atoms with E-state index < -0.39 is 0 Å². The number of rotatable bonds is 0. The Morgan fingerprint density at radius 2 is 2.00 bits per heavy atom. The number of fused-ring (bicyclic) bond motifs is 5. The van der Waals surface area contributed by atoms with Gasteiger partial charge in [0.05, 0.1) is 11.2 Å². The van der Waals surface area contributed by atoms with Gasteiger partial charge in [0.15, 0.2) is 6.73 Å². The van der Waals surface area contributed by atoms with Crippen LogP contribution in [-0.2, 0) is 6.73 Å². The van der Waals surface area contributed by atoms with Crippen molar-refractivity contribution < 1.29 is 9.13 Å². The summed E-state index contributed by atoms with van der Waals surface area (Å²) < 4.78 is 21.5. The Kier molecular flexibility index (Phi) is 3.37. The Hall–Kier alpha value is -2.36. The van der Waals surface area contributed by atoms with Crippen LogP contribution in [0.1, 0.15) is 19.5 Å². The first-order valence-electron chi connectivity index (χ1n) is 7.12. The van der Waals surface area contributed by atoms with Gasteiger partial charge in [-0.3, -0.25) is 0 Å². The Balaban J connectivity index is 0.000000636. The third-order valence-corrected chi connectivity index (χ3v) is 3.48. The van der Waals surface area contributed by atoms with Gasteiger partial charge in [-0.05, 0) is 37.3 Å². The van der Waals surface area contributed by atoms with Crippen LogP contribution < -0.4 is 4.74 Å². The van der Waals surface area contributed by atoms with Crippen molar-refractivity contribution in [2.24, 2.45) is 0 Å². The first kappa shape index (κ1) is 13.6. The largest absolute Gasteiger partial charge is 0.470 e. The quantitative estimate of drug-likeness (QED) is 0.606. The summed E-state index contributed by atoms with van der Waals surface area (Å²) in [6, 6.07) is 10.8. The zero-order chi connectivity index (χ0) is 15.0. The van der Waals surface area contributed by atoms with Gasteiger partial charge < -0.3 is 9.30 Å². The van der Waals surface area contributed by atoms with E-state index in [9.17, 15) is 4.39 Å². The topological polar surface area (TPSA) is 27.1 Å². The summed E-state index contributed by atoms with van der Waals surface area (Å²) in [7, 11) is 0. The second-order valence-corrected chi connectivity index (χ2v) is 4.70. The summed E-state index contributed by atoms with van der Waals surface area (Å²) in [6.07, 6.45) is 0. The van der Waals surface area contributed by atoms with Crippen molar-refractivity contribution in [3.63, 3.8) is 0 Å². The highest BCUT2D eigenvalue weighted by Crippen LogP contribution is 2.37. The van der Waals surface area contributed by atoms with Crippen molar-refractivity contribution in [1.29, 1.82) is 0 Å². The number of pyridine rings is 1. The van der Waals surface area contributed by atoms with Crippen molar-refractivity contribution in [2.75, 3.05) is 0 Å². The molecule has 3 heterocycles. The second-order valence-electron chi connectivity index (χ2n) is 4.70. The first-order chi connectivity index (χ1) is 10.2. The fourth-order valence-electron chi connectivity index (χ4n) is 2.56. The molecule has 4 rings (SSSR count). The second kappa shape index (κ2) is 5.20. The van der Waals surface area contributed by atoms with E-state index in [0.29, 0.717) is 12.1 Å². The van der Waals surface area contributed by atoms with E-state index in [1.165, 1.54) is 6.07 Å². The van der Waals surface area contributed by atoms with Crippen molar-refractivity contribution in [1.82, 2.24) is 9.55 Å². The van der Waals surface area contributed by atoms with Crippen molar-refractivity contribution >= 4 is 10.9 Å². The lowest BCUT2D eigenvalue weighted by Gasteiger charge is -2.20. The van der Waals surface area contributed by atoms with Gasteiger partial charge in [0.2, 0.25) is 0 Å². The van der Waals surface area contributed by atoms with Gasteiger partial charge in [0.1, 0.15) is 17.3 Å². The minimum absolute atomic E-state index is 0.214. The van der Waals surface area contributed by atoms with Crippen LogP contribution in [0.25, 0.3) is 22.3 Å². The van der Waals surface area contributed by atoms with Crippen LogP contribution in [0, 0.1) is 12.7 Å². The minimum atomic E-state index is -0.214. The van der Waals surface area contributed by atoms with Gasteiger partial charge in [0, 0.05) is 11.1 Å². The smallest absolute Gasteiger partial charge is 0.165 e. The van der Waals surface area contributed by atoms with Crippen molar-refractivity contribution in [2.45, 2.75) is 27.5 Å². The number of hydrogen-bond donors (Lipinski definition) is 0. The summed E-state index contributed by atoms with van der Waals surface area (Å²) in [6.45, 7) is 6.32. The summed E-state index contributed by atoms with van der Waals surface area (Å²) in [5.74, 6) is 0.537. The number of aryl methyl sites for hydroxylation is 1. The highest BCUT2D eigenvalue weighted by molar-refractivity contribution is 5.88. The molecule has 0 saturated carbocycles. The molecular weight excluding hydrogens is 267 g/mol. The monoisotopic (exact) mass is 284 g/mol. The zero-order valence-corrected chi connectivity index (χ0v) is 12.4. The van der Waals surface area contributed by atoms with E-state index in [1.807, 2.05) is 49.6 Å². The highest BCUT2D eigenvalue weighted by Gasteiger charge is 2.22. The average Bonchev–Trinajstić information content (AvgIpc) is 2.90. The molecule has 0 saturated heterocycles. The maximum absolute atomic E-state index is 13.9. The van der Waals surface area contributed by atoms with E-state index in [2.05, 4.69) is 4.98 Å². The number of ether oxygens (including phenoxy) is 1. The van der Waals surface area contributed by atoms with E-state index in [0.717, 1.165) is 28.3 Å². The molecule has 4 heteroatoms. The molecule has 0 spiro atoms. The lowest BCUT2D eigenvalue weighted by atomic mass is 10.2. The maximum atomic E-state index is 13.9. The molecule has 0 bridgehead atoms. The molecule has 0 aliphatic carbocycles. The maximum Gasteiger partial charge on any atom is 0.165 e. The Labute approximate surface area is 123 Å². The zero-order valence-electron chi connectivity index (χ0n) is 12.4. The summed E-state index contributed by atoms with van der Waals surface area (Å²) in [5, 5.41) is 0.609. The molecule has 0 amide bonds. The molecule has 0 fully saturated rings. The summed E-state index contributed by atoms with van der Waals surface area (Å²) >= 11 is 0. The standard InChI is InChI=1S/C15H11FN2O.C2H6/c1-9-5-6-14-15(17-9)13-7-10-11(16)3-2-4-12(10)18(13)8-19-14;1-2/h2-7H,8H2,1H3;1-2H3. The molecule has 0 atom stereocenters. The lowest BCUT2D eigenvalue weighted by Crippen LogP contribution is -2.13. The van der Waals surface area contributed by atoms with Gasteiger partial charge in [-0.2, -0.15) is 0 Å². The third kappa shape index (κ3) is 2.07. The van der Waals surface area contributed by atoms with Crippen LogP contribution in [0.2, 0.25) is 0 Å². The molecule has 0 unspecified atom stereocenters. The summed E-state index contributed by atoms with van der Waals surface area (Å²) in [4.78, 5) is 4.51. The molecule has 0 N–H and O–H groups in total. The van der Waals surface area contributed by atoms with Crippen LogP contribution in [0.4, 0.5) is 4.39 Å². The van der Waals surface area contributed by atoms with Crippen molar-refractivity contribution in [3.05, 3.63) is 47.9 Å². The molecule has 2 aromatic heterocycles. The van der Waals surface area contributed by atoms with Gasteiger partial charge >= 0.3 is 0 Å². The molecule has 21 heavy (non-hydrogen) atoms. The number of benzene rings is 1. The number of halogens is 1. The van der Waals surface area contributed by atoms with Gasteiger partial charge in [-0.15, -0.1) is 0 Å². The van der Waals surface area contributed by atoms with Crippen LogP contribution >= 0.6 is 0 Å². The van der Waals surface area contributed by atoms with Crippen LogP contribution in [-0.4, -0.2) is 9.55 Å². The molecule has 3 nitrogen and oxygen atoms in total. The van der Waals surface area contributed by atoms with E-state index in [4.69, 9.17) is 4.74 Å².